The maximum Gasteiger partial charge on any atom is 0.335 e. The van der Waals surface area contributed by atoms with E-state index in [1.54, 1.807) is 18.2 Å². The molecule has 7 heteroatoms. The van der Waals surface area contributed by atoms with Crippen molar-refractivity contribution in [3.05, 3.63) is 59.4 Å². The first kappa shape index (κ1) is 18.1. The highest BCUT2D eigenvalue weighted by atomic mass is 16.5. The number of aromatic carboxylic acids is 1. The number of benzene rings is 2. The summed E-state index contributed by atoms with van der Waals surface area (Å²) in [5, 5.41) is 20.0. The third-order valence-electron chi connectivity index (χ3n) is 4.01. The Kier molecular flexibility index (Phi) is 4.85. The van der Waals surface area contributed by atoms with Gasteiger partial charge >= 0.3 is 5.97 Å². The van der Waals surface area contributed by atoms with Crippen LogP contribution in [-0.4, -0.2) is 36.2 Å². The maximum atomic E-state index is 12.7. The van der Waals surface area contributed by atoms with E-state index in [-0.39, 0.29) is 28.2 Å². The summed E-state index contributed by atoms with van der Waals surface area (Å²) in [5.41, 5.74) is 0.819. The van der Waals surface area contributed by atoms with Crippen molar-refractivity contribution in [2.45, 2.75) is 0 Å². The Morgan fingerprint density at radius 1 is 1.11 bits per heavy atom. The van der Waals surface area contributed by atoms with Crippen molar-refractivity contribution in [2.24, 2.45) is 0 Å². The lowest BCUT2D eigenvalue weighted by Crippen LogP contribution is -2.02. The fraction of sp³-hybridized carbons (Fsp3) is 0.100. The number of hydrogen-bond donors (Lipinski definition) is 2. The Morgan fingerprint density at radius 3 is 2.52 bits per heavy atom. The minimum atomic E-state index is -1.06. The number of hydrogen-bond acceptors (Lipinski definition) is 6. The number of ketones is 1. The molecule has 0 aliphatic carbocycles. The molecule has 0 atom stereocenters. The summed E-state index contributed by atoms with van der Waals surface area (Å²) in [6.45, 7) is 0. The van der Waals surface area contributed by atoms with Gasteiger partial charge in [0.15, 0.2) is 17.1 Å². The minimum absolute atomic E-state index is 0.0282. The van der Waals surface area contributed by atoms with Gasteiger partial charge in [0.1, 0.15) is 11.3 Å². The zero-order valence-corrected chi connectivity index (χ0v) is 14.6. The minimum Gasteiger partial charge on any atom is -0.504 e. The monoisotopic (exact) mass is 368 g/mol. The smallest absolute Gasteiger partial charge is 0.335 e. The summed E-state index contributed by atoms with van der Waals surface area (Å²) in [6, 6.07) is 7.73. The quantitative estimate of drug-likeness (QED) is 0.504. The molecule has 0 fully saturated rings. The first-order valence-corrected chi connectivity index (χ1v) is 7.87. The van der Waals surface area contributed by atoms with Crippen LogP contribution >= 0.6 is 0 Å². The number of furan rings is 1. The van der Waals surface area contributed by atoms with Gasteiger partial charge in [0, 0.05) is 0 Å². The summed E-state index contributed by atoms with van der Waals surface area (Å²) in [4.78, 5) is 23.8. The Bertz CT molecular complexity index is 1060. The molecule has 1 heterocycles. The van der Waals surface area contributed by atoms with E-state index in [9.17, 15) is 14.7 Å². The molecule has 7 nitrogen and oxygen atoms in total. The normalized spacial score (nSPS) is 11.0. The zero-order chi connectivity index (χ0) is 19.6. The van der Waals surface area contributed by atoms with Crippen molar-refractivity contribution in [2.75, 3.05) is 14.2 Å². The van der Waals surface area contributed by atoms with Gasteiger partial charge in [-0.2, -0.15) is 0 Å². The number of methoxy groups -OCH3 is 2. The lowest BCUT2D eigenvalue weighted by Gasteiger charge is -2.13. The fourth-order valence-electron chi connectivity index (χ4n) is 2.79. The molecule has 0 saturated heterocycles. The van der Waals surface area contributed by atoms with Crippen LogP contribution in [0.2, 0.25) is 0 Å². The van der Waals surface area contributed by atoms with Gasteiger partial charge in [0.05, 0.1) is 31.4 Å². The van der Waals surface area contributed by atoms with Crippen molar-refractivity contribution in [3.63, 3.8) is 0 Å². The molecule has 0 spiro atoms. The van der Waals surface area contributed by atoms with Crippen molar-refractivity contribution < 1.29 is 33.7 Å². The van der Waals surface area contributed by atoms with E-state index in [1.807, 2.05) is 0 Å². The number of carbonyl (C=O) groups excluding carboxylic acids is 1. The summed E-state index contributed by atoms with van der Waals surface area (Å²) < 4.78 is 15.8. The second-order valence-electron chi connectivity index (χ2n) is 5.58. The molecule has 0 aliphatic rings. The van der Waals surface area contributed by atoms with Crippen LogP contribution in [-0.2, 0) is 0 Å². The van der Waals surface area contributed by atoms with Crippen molar-refractivity contribution in [3.8, 4) is 17.2 Å². The van der Waals surface area contributed by atoms with Crippen LogP contribution in [0, 0.1) is 0 Å². The number of aromatic hydroxyl groups is 1. The van der Waals surface area contributed by atoms with Crippen LogP contribution in [0.25, 0.3) is 17.0 Å². The first-order chi connectivity index (χ1) is 13.0. The van der Waals surface area contributed by atoms with Gasteiger partial charge < -0.3 is 24.1 Å². The summed E-state index contributed by atoms with van der Waals surface area (Å²) >= 11 is 0. The molecular formula is C20H16O7. The van der Waals surface area contributed by atoms with Crippen molar-refractivity contribution >= 4 is 28.8 Å². The van der Waals surface area contributed by atoms with E-state index in [4.69, 9.17) is 19.0 Å². The van der Waals surface area contributed by atoms with Crippen LogP contribution in [0.1, 0.15) is 26.3 Å². The number of phenols is 1. The molecule has 0 unspecified atom stereocenters. The van der Waals surface area contributed by atoms with Crippen LogP contribution in [0.15, 0.2) is 47.1 Å². The number of allylic oxidation sites excluding steroid dienone is 1. The number of carbonyl (C=O) groups is 2. The molecule has 3 rings (SSSR count). The summed E-state index contributed by atoms with van der Waals surface area (Å²) in [7, 11) is 2.73. The third kappa shape index (κ3) is 3.22. The van der Waals surface area contributed by atoms with E-state index < -0.39 is 17.5 Å². The molecule has 3 aromatic rings. The summed E-state index contributed by atoms with van der Waals surface area (Å²) in [5.74, 6) is -1.81. The van der Waals surface area contributed by atoms with E-state index in [1.165, 1.54) is 44.8 Å². The van der Waals surface area contributed by atoms with Crippen LogP contribution in [0.5, 0.6) is 17.2 Å². The van der Waals surface area contributed by atoms with Gasteiger partial charge in [-0.1, -0.05) is 18.2 Å². The van der Waals surface area contributed by atoms with Crippen molar-refractivity contribution in [1.82, 2.24) is 0 Å². The Morgan fingerprint density at radius 2 is 1.85 bits per heavy atom. The highest BCUT2D eigenvalue weighted by molar-refractivity contribution is 6.15. The molecular weight excluding hydrogens is 352 g/mol. The highest BCUT2D eigenvalue weighted by Crippen LogP contribution is 2.45. The van der Waals surface area contributed by atoms with Crippen LogP contribution < -0.4 is 9.47 Å². The number of carboxylic acids is 1. The van der Waals surface area contributed by atoms with E-state index >= 15 is 0 Å². The molecule has 0 aliphatic heterocycles. The predicted molar refractivity (Wildman–Crippen MR) is 97.7 cm³/mol. The largest absolute Gasteiger partial charge is 0.504 e. The Labute approximate surface area is 154 Å². The second-order valence-corrected chi connectivity index (χ2v) is 5.58. The zero-order valence-electron chi connectivity index (χ0n) is 14.6. The molecule has 0 amide bonds. The van der Waals surface area contributed by atoms with Gasteiger partial charge in [0.2, 0.25) is 5.75 Å². The number of carboxylic acid groups (broad SMARTS) is 1. The van der Waals surface area contributed by atoms with Gasteiger partial charge in [-0.15, -0.1) is 0 Å². The second kappa shape index (κ2) is 7.25. The highest BCUT2D eigenvalue weighted by Gasteiger charge is 2.26. The number of ether oxygens (including phenoxy) is 2. The molecule has 138 valence electrons. The Balaban J connectivity index is 2.06. The maximum absolute atomic E-state index is 12.7. The van der Waals surface area contributed by atoms with Gasteiger partial charge in [-0.3, -0.25) is 4.79 Å². The molecule has 0 bridgehead atoms. The predicted octanol–water partition coefficient (Wildman–Crippen LogP) is 3.75. The molecule has 2 N–H and O–H groups in total. The number of rotatable bonds is 6. The average Bonchev–Trinajstić information content (AvgIpc) is 3.14. The SMILES string of the molecule is COc1c(C(=O)C=Cc2cccc(C(=O)O)c2)c(O)c(OC)c2occc12. The lowest BCUT2D eigenvalue weighted by atomic mass is 10.0. The summed E-state index contributed by atoms with van der Waals surface area (Å²) in [6.07, 6.45) is 4.08. The molecule has 1 aromatic heterocycles. The molecule has 2 aromatic carbocycles. The lowest BCUT2D eigenvalue weighted by molar-refractivity contribution is 0.0696. The fourth-order valence-corrected chi connectivity index (χ4v) is 2.79. The first-order valence-electron chi connectivity index (χ1n) is 7.87. The number of phenolic OH excluding ortho intramolecular Hbond substituents is 1. The molecule has 0 saturated carbocycles. The van der Waals surface area contributed by atoms with Crippen molar-refractivity contribution in [1.29, 1.82) is 0 Å². The van der Waals surface area contributed by atoms with Gasteiger partial charge in [-0.25, -0.2) is 4.79 Å². The third-order valence-corrected chi connectivity index (χ3v) is 4.01. The standard InChI is InChI=1S/C20H16O7/c1-25-17-13-8-9-27-18(13)19(26-2)16(22)15(17)14(21)7-6-11-4-3-5-12(10-11)20(23)24/h3-10,22H,1-2H3,(H,23,24). The number of fused-ring (bicyclic) bond motifs is 1. The van der Waals surface area contributed by atoms with Gasteiger partial charge in [0.25, 0.3) is 0 Å². The topological polar surface area (TPSA) is 106 Å². The van der Waals surface area contributed by atoms with Crippen LogP contribution in [0.3, 0.4) is 0 Å². The van der Waals surface area contributed by atoms with E-state index in [2.05, 4.69) is 0 Å². The van der Waals surface area contributed by atoms with Gasteiger partial charge in [-0.05, 0) is 29.8 Å². The van der Waals surface area contributed by atoms with Crippen LogP contribution in [0.4, 0.5) is 0 Å². The average molecular weight is 368 g/mol. The van der Waals surface area contributed by atoms with E-state index in [0.29, 0.717) is 10.9 Å². The Hall–Kier alpha value is -3.74. The molecule has 0 radical (unpaired) electrons. The van der Waals surface area contributed by atoms with E-state index in [0.717, 1.165) is 0 Å². The molecule has 27 heavy (non-hydrogen) atoms.